The molecule has 0 saturated heterocycles. The molecule has 0 saturated carbocycles. The molecule has 29 heavy (non-hydrogen) atoms. The minimum atomic E-state index is -1.06. The molecule has 3 N–H and O–H groups in total. The fourth-order valence-corrected chi connectivity index (χ4v) is 2.53. The Bertz CT molecular complexity index is 826. The van der Waals surface area contributed by atoms with E-state index in [1.54, 1.807) is 36.2 Å². The first-order valence-electron chi connectivity index (χ1n) is 9.17. The number of ether oxygens (including phenoxy) is 1. The molecule has 0 aliphatic carbocycles. The molecule has 2 aromatic carbocycles. The van der Waals surface area contributed by atoms with Gasteiger partial charge in [0.15, 0.2) is 6.61 Å². The van der Waals surface area contributed by atoms with Crippen molar-refractivity contribution in [3.8, 4) is 5.75 Å². The maximum absolute atomic E-state index is 12.1. The van der Waals surface area contributed by atoms with Gasteiger partial charge in [-0.05, 0) is 23.3 Å². The molecule has 8 nitrogen and oxygen atoms in total. The molecule has 2 aromatic rings. The van der Waals surface area contributed by atoms with Crippen LogP contribution in [0.2, 0.25) is 0 Å². The summed E-state index contributed by atoms with van der Waals surface area (Å²) in [4.78, 5) is 36.1. The topological polar surface area (TPSA) is 108 Å². The monoisotopic (exact) mass is 399 g/mol. The fourth-order valence-electron chi connectivity index (χ4n) is 2.53. The normalized spacial score (nSPS) is 10.1. The molecule has 2 rings (SSSR count). The molecule has 8 heteroatoms. The third-order valence-electron chi connectivity index (χ3n) is 3.99. The zero-order valence-electron chi connectivity index (χ0n) is 16.3. The van der Waals surface area contributed by atoms with E-state index in [4.69, 9.17) is 9.84 Å². The van der Waals surface area contributed by atoms with Crippen molar-refractivity contribution in [2.45, 2.75) is 19.5 Å². The lowest BCUT2D eigenvalue weighted by atomic mass is 10.2. The maximum atomic E-state index is 12.1. The Hall–Kier alpha value is -3.55. The number of carboxylic acid groups (broad SMARTS) is 1. The van der Waals surface area contributed by atoms with Crippen LogP contribution in [-0.2, 0) is 22.7 Å². The lowest BCUT2D eigenvalue weighted by Crippen LogP contribution is -2.38. The highest BCUT2D eigenvalue weighted by atomic mass is 16.5. The number of nitrogens with zero attached hydrogens (tertiary/aromatic N) is 1. The Morgan fingerprint density at radius 3 is 2.45 bits per heavy atom. The van der Waals surface area contributed by atoms with Crippen molar-refractivity contribution in [1.82, 2.24) is 15.5 Å². The highest BCUT2D eigenvalue weighted by Gasteiger charge is 2.09. The van der Waals surface area contributed by atoms with Crippen LogP contribution >= 0.6 is 0 Å². The maximum Gasteiger partial charge on any atom is 0.341 e. The van der Waals surface area contributed by atoms with E-state index in [0.29, 0.717) is 12.3 Å². The molecule has 0 bridgehead atoms. The van der Waals surface area contributed by atoms with Crippen molar-refractivity contribution in [1.29, 1.82) is 0 Å². The summed E-state index contributed by atoms with van der Waals surface area (Å²) < 4.78 is 5.11. The third-order valence-corrected chi connectivity index (χ3v) is 3.99. The van der Waals surface area contributed by atoms with Gasteiger partial charge in [0.1, 0.15) is 5.75 Å². The van der Waals surface area contributed by atoms with Gasteiger partial charge < -0.3 is 25.4 Å². The van der Waals surface area contributed by atoms with E-state index in [9.17, 15) is 14.4 Å². The molecule has 0 unspecified atom stereocenters. The summed E-state index contributed by atoms with van der Waals surface area (Å²) in [5.41, 5.74) is 1.81. The molecule has 0 fully saturated rings. The number of carbonyl (C=O) groups is 3. The number of aliphatic carboxylic acids is 1. The first kappa shape index (κ1) is 21.7. The van der Waals surface area contributed by atoms with Crippen LogP contribution in [0.3, 0.4) is 0 Å². The molecule has 0 spiro atoms. The lowest BCUT2D eigenvalue weighted by Gasteiger charge is -2.18. The number of hydrogen-bond donors (Lipinski definition) is 3. The molecule has 0 aliphatic rings. The van der Waals surface area contributed by atoms with Gasteiger partial charge in [0.05, 0.1) is 0 Å². The summed E-state index contributed by atoms with van der Waals surface area (Å²) in [6.07, 6.45) is 0.153. The zero-order chi connectivity index (χ0) is 21.1. The second-order valence-electron chi connectivity index (χ2n) is 6.43. The number of nitrogens with one attached hydrogen (secondary N) is 2. The Balaban J connectivity index is 1.67. The van der Waals surface area contributed by atoms with E-state index in [1.165, 1.54) is 0 Å². The summed E-state index contributed by atoms with van der Waals surface area (Å²) in [5, 5.41) is 14.1. The van der Waals surface area contributed by atoms with Crippen molar-refractivity contribution in [3.05, 3.63) is 65.7 Å². The minimum Gasteiger partial charge on any atom is -0.482 e. The van der Waals surface area contributed by atoms with E-state index < -0.39 is 12.6 Å². The van der Waals surface area contributed by atoms with Gasteiger partial charge in [-0.1, -0.05) is 42.5 Å². The van der Waals surface area contributed by atoms with E-state index in [1.807, 2.05) is 30.3 Å². The van der Waals surface area contributed by atoms with Gasteiger partial charge in [0.25, 0.3) is 0 Å². The van der Waals surface area contributed by atoms with Crippen LogP contribution in [0.1, 0.15) is 17.5 Å². The third kappa shape index (κ3) is 8.34. The molecule has 0 heterocycles. The van der Waals surface area contributed by atoms with Gasteiger partial charge in [-0.25, -0.2) is 9.59 Å². The summed E-state index contributed by atoms with van der Waals surface area (Å²) >= 11 is 0. The Kier molecular flexibility index (Phi) is 8.50. The van der Waals surface area contributed by atoms with Crippen LogP contribution in [0.15, 0.2) is 54.6 Å². The van der Waals surface area contributed by atoms with Crippen LogP contribution < -0.4 is 15.4 Å². The molecule has 0 atom stereocenters. The number of rotatable bonds is 10. The van der Waals surface area contributed by atoms with Crippen molar-refractivity contribution in [3.63, 3.8) is 0 Å². The quantitative estimate of drug-likeness (QED) is 0.566. The molecule has 0 aliphatic heterocycles. The predicted octanol–water partition coefficient (Wildman–Crippen LogP) is 2.00. The molecular weight excluding hydrogens is 374 g/mol. The number of benzene rings is 2. The van der Waals surface area contributed by atoms with Crippen molar-refractivity contribution < 1.29 is 24.2 Å². The smallest absolute Gasteiger partial charge is 0.341 e. The highest BCUT2D eigenvalue weighted by Crippen LogP contribution is 2.13. The van der Waals surface area contributed by atoms with Crippen molar-refractivity contribution >= 4 is 17.9 Å². The molecule has 3 amide bonds. The standard InChI is InChI=1S/C21H25N3O5/c1-24(14-16-6-3-2-4-7-16)21(28)22-11-10-19(25)23-13-17-8-5-9-18(12-17)29-15-20(26)27/h2-9,12H,10-11,13-15H2,1H3,(H,22,28)(H,23,25)(H,26,27). The number of amides is 3. The predicted molar refractivity (Wildman–Crippen MR) is 107 cm³/mol. The van der Waals surface area contributed by atoms with Crippen LogP contribution in [0.25, 0.3) is 0 Å². The molecular formula is C21H25N3O5. The van der Waals surface area contributed by atoms with E-state index in [-0.39, 0.29) is 31.4 Å². The Morgan fingerprint density at radius 1 is 1.00 bits per heavy atom. The highest BCUT2D eigenvalue weighted by molar-refractivity contribution is 5.78. The van der Waals surface area contributed by atoms with Gasteiger partial charge in [-0.15, -0.1) is 0 Å². The Labute approximate surface area is 169 Å². The largest absolute Gasteiger partial charge is 0.482 e. The first-order chi connectivity index (χ1) is 13.9. The van der Waals surface area contributed by atoms with Gasteiger partial charge in [-0.2, -0.15) is 0 Å². The zero-order valence-corrected chi connectivity index (χ0v) is 16.3. The molecule has 0 aromatic heterocycles. The fraction of sp³-hybridized carbons (Fsp3) is 0.286. The summed E-state index contributed by atoms with van der Waals surface area (Å²) in [7, 11) is 1.70. The second-order valence-corrected chi connectivity index (χ2v) is 6.43. The van der Waals surface area contributed by atoms with Crippen LogP contribution in [0.4, 0.5) is 4.79 Å². The van der Waals surface area contributed by atoms with Crippen LogP contribution in [-0.4, -0.2) is 48.1 Å². The van der Waals surface area contributed by atoms with Gasteiger partial charge in [0, 0.05) is 33.1 Å². The Morgan fingerprint density at radius 2 is 1.72 bits per heavy atom. The number of carbonyl (C=O) groups excluding carboxylic acids is 2. The summed E-state index contributed by atoms with van der Waals surface area (Å²) in [5.74, 6) is -0.832. The van der Waals surface area contributed by atoms with Gasteiger partial charge >= 0.3 is 12.0 Å². The summed E-state index contributed by atoms with van der Waals surface area (Å²) in [6.45, 7) is 0.573. The second kappa shape index (κ2) is 11.3. The van der Waals surface area contributed by atoms with Gasteiger partial charge in [0.2, 0.25) is 5.91 Å². The average Bonchev–Trinajstić information content (AvgIpc) is 2.71. The van der Waals surface area contributed by atoms with Crippen molar-refractivity contribution in [2.75, 3.05) is 20.2 Å². The molecule has 0 radical (unpaired) electrons. The van der Waals surface area contributed by atoms with E-state index in [0.717, 1.165) is 11.1 Å². The SMILES string of the molecule is CN(Cc1ccccc1)C(=O)NCCC(=O)NCc1cccc(OCC(=O)O)c1. The number of hydrogen-bond acceptors (Lipinski definition) is 4. The van der Waals surface area contributed by atoms with E-state index in [2.05, 4.69) is 10.6 Å². The number of carboxylic acids is 1. The van der Waals surface area contributed by atoms with Gasteiger partial charge in [-0.3, -0.25) is 4.79 Å². The number of urea groups is 1. The van der Waals surface area contributed by atoms with Crippen LogP contribution in [0, 0.1) is 0 Å². The summed E-state index contributed by atoms with van der Waals surface area (Å²) in [6, 6.07) is 16.2. The van der Waals surface area contributed by atoms with Crippen LogP contribution in [0.5, 0.6) is 5.75 Å². The molecule has 154 valence electrons. The lowest BCUT2D eigenvalue weighted by molar-refractivity contribution is -0.139. The van der Waals surface area contributed by atoms with Crippen molar-refractivity contribution in [2.24, 2.45) is 0 Å². The minimum absolute atomic E-state index is 0.153. The average molecular weight is 399 g/mol. The first-order valence-corrected chi connectivity index (χ1v) is 9.17. The van der Waals surface area contributed by atoms with E-state index >= 15 is 0 Å².